The van der Waals surface area contributed by atoms with E-state index in [4.69, 9.17) is 0 Å². The van der Waals surface area contributed by atoms with Crippen LogP contribution in [0.2, 0.25) is 0 Å². The van der Waals surface area contributed by atoms with Crippen LogP contribution < -0.4 is 0 Å². The van der Waals surface area contributed by atoms with Crippen LogP contribution in [0.25, 0.3) is 0 Å². The molecular formula is C14H24O. The van der Waals surface area contributed by atoms with E-state index in [-0.39, 0.29) is 11.0 Å². The summed E-state index contributed by atoms with van der Waals surface area (Å²) in [5, 5.41) is 10.8. The summed E-state index contributed by atoms with van der Waals surface area (Å²) >= 11 is 0. The second kappa shape index (κ2) is 4.29. The van der Waals surface area contributed by atoms with Crippen molar-refractivity contribution in [2.24, 2.45) is 5.41 Å². The molecule has 1 nitrogen and oxygen atoms in total. The molecule has 2 saturated carbocycles. The molecule has 0 heterocycles. The third-order valence-corrected chi connectivity index (χ3v) is 4.76. The quantitative estimate of drug-likeness (QED) is 0.699. The Bertz CT molecular complexity index is 219. The van der Waals surface area contributed by atoms with E-state index in [2.05, 4.69) is 6.58 Å². The van der Waals surface area contributed by atoms with E-state index in [1.165, 1.54) is 44.9 Å². The van der Waals surface area contributed by atoms with Crippen molar-refractivity contribution >= 4 is 0 Å². The molecule has 15 heavy (non-hydrogen) atoms. The molecule has 0 spiro atoms. The zero-order valence-corrected chi connectivity index (χ0v) is 9.80. The van der Waals surface area contributed by atoms with Crippen molar-refractivity contribution in [3.05, 3.63) is 12.7 Å². The van der Waals surface area contributed by atoms with E-state index in [1.807, 2.05) is 6.08 Å². The number of aliphatic hydroxyl groups is 1. The van der Waals surface area contributed by atoms with Gasteiger partial charge in [0.05, 0.1) is 5.60 Å². The van der Waals surface area contributed by atoms with Gasteiger partial charge in [0.15, 0.2) is 0 Å². The molecule has 2 rings (SSSR count). The van der Waals surface area contributed by atoms with Crippen LogP contribution in [0.1, 0.15) is 64.2 Å². The zero-order valence-electron chi connectivity index (χ0n) is 9.80. The summed E-state index contributed by atoms with van der Waals surface area (Å²) in [6, 6.07) is 0. The number of rotatable bonds is 3. The van der Waals surface area contributed by atoms with E-state index in [9.17, 15) is 5.11 Å². The minimum absolute atomic E-state index is 0.184. The molecule has 0 atom stereocenters. The van der Waals surface area contributed by atoms with Crippen LogP contribution in [0.15, 0.2) is 12.7 Å². The highest BCUT2D eigenvalue weighted by Crippen LogP contribution is 2.54. The number of allylic oxidation sites excluding steroid dienone is 1. The summed E-state index contributed by atoms with van der Waals surface area (Å²) in [6.07, 6.45) is 13.9. The van der Waals surface area contributed by atoms with Crippen molar-refractivity contribution in [1.82, 2.24) is 0 Å². The highest BCUT2D eigenvalue weighted by atomic mass is 16.3. The first kappa shape index (κ1) is 11.2. The Morgan fingerprint density at radius 1 is 0.933 bits per heavy atom. The SMILES string of the molecule is C=CCC1(C2(O)CCCC2)CCCCC1. The van der Waals surface area contributed by atoms with E-state index >= 15 is 0 Å². The van der Waals surface area contributed by atoms with E-state index in [0.717, 1.165) is 19.3 Å². The number of hydrogen-bond donors (Lipinski definition) is 1. The Labute approximate surface area is 93.6 Å². The van der Waals surface area contributed by atoms with Gasteiger partial charge in [-0.2, -0.15) is 0 Å². The van der Waals surface area contributed by atoms with Crippen molar-refractivity contribution in [3.63, 3.8) is 0 Å². The predicted octanol–water partition coefficient (Wildman–Crippen LogP) is 3.82. The molecule has 0 aromatic heterocycles. The largest absolute Gasteiger partial charge is 0.389 e. The van der Waals surface area contributed by atoms with Gasteiger partial charge in [-0.1, -0.05) is 38.2 Å². The van der Waals surface area contributed by atoms with Gasteiger partial charge in [-0.25, -0.2) is 0 Å². The van der Waals surface area contributed by atoms with Crippen molar-refractivity contribution in [1.29, 1.82) is 0 Å². The van der Waals surface area contributed by atoms with Crippen LogP contribution in [0.4, 0.5) is 0 Å². The minimum Gasteiger partial charge on any atom is -0.389 e. The van der Waals surface area contributed by atoms with E-state index in [0.29, 0.717) is 0 Å². The fraction of sp³-hybridized carbons (Fsp3) is 0.857. The van der Waals surface area contributed by atoms with Gasteiger partial charge in [-0.3, -0.25) is 0 Å². The third-order valence-electron chi connectivity index (χ3n) is 4.76. The topological polar surface area (TPSA) is 20.2 Å². The molecule has 2 aliphatic carbocycles. The molecule has 1 N–H and O–H groups in total. The monoisotopic (exact) mass is 208 g/mol. The molecule has 86 valence electrons. The molecule has 0 aliphatic heterocycles. The number of hydrogen-bond acceptors (Lipinski definition) is 1. The Hall–Kier alpha value is -0.300. The summed E-state index contributed by atoms with van der Waals surface area (Å²) in [4.78, 5) is 0. The van der Waals surface area contributed by atoms with Gasteiger partial charge in [-0.05, 0) is 32.1 Å². The van der Waals surface area contributed by atoms with Gasteiger partial charge in [0.25, 0.3) is 0 Å². The average molecular weight is 208 g/mol. The van der Waals surface area contributed by atoms with Gasteiger partial charge in [0, 0.05) is 5.41 Å². The van der Waals surface area contributed by atoms with Crippen LogP contribution >= 0.6 is 0 Å². The van der Waals surface area contributed by atoms with E-state index in [1.54, 1.807) is 0 Å². The summed E-state index contributed by atoms with van der Waals surface area (Å²) in [5.74, 6) is 0. The standard InChI is InChI=1S/C14H24O/c1-2-8-13(9-4-3-5-10-13)14(15)11-6-7-12-14/h2,15H,1,3-12H2. The lowest BCUT2D eigenvalue weighted by molar-refractivity contribution is -0.0980. The Morgan fingerprint density at radius 2 is 1.47 bits per heavy atom. The van der Waals surface area contributed by atoms with Crippen molar-refractivity contribution < 1.29 is 5.11 Å². The minimum atomic E-state index is -0.360. The molecule has 2 aliphatic rings. The first-order valence-electron chi connectivity index (χ1n) is 6.56. The molecule has 0 bridgehead atoms. The van der Waals surface area contributed by atoms with Crippen LogP contribution in [0, 0.1) is 5.41 Å². The fourth-order valence-electron chi connectivity index (χ4n) is 3.85. The summed E-state index contributed by atoms with van der Waals surface area (Å²) < 4.78 is 0. The maximum Gasteiger partial charge on any atom is 0.0706 e. The molecule has 0 saturated heterocycles. The van der Waals surface area contributed by atoms with Crippen LogP contribution in [0.5, 0.6) is 0 Å². The summed E-state index contributed by atoms with van der Waals surface area (Å²) in [7, 11) is 0. The second-order valence-corrected chi connectivity index (χ2v) is 5.57. The smallest absolute Gasteiger partial charge is 0.0706 e. The normalized spacial score (nSPS) is 28.9. The van der Waals surface area contributed by atoms with Crippen molar-refractivity contribution in [2.45, 2.75) is 69.8 Å². The molecule has 0 unspecified atom stereocenters. The van der Waals surface area contributed by atoms with Crippen molar-refractivity contribution in [3.8, 4) is 0 Å². The Balaban J connectivity index is 2.19. The second-order valence-electron chi connectivity index (χ2n) is 5.57. The summed E-state index contributed by atoms with van der Waals surface area (Å²) in [5.41, 5.74) is -0.175. The van der Waals surface area contributed by atoms with Crippen LogP contribution in [-0.4, -0.2) is 10.7 Å². The highest BCUT2D eigenvalue weighted by molar-refractivity contribution is 5.05. The van der Waals surface area contributed by atoms with Gasteiger partial charge in [0.1, 0.15) is 0 Å². The first-order chi connectivity index (χ1) is 7.22. The Kier molecular flexibility index (Phi) is 3.20. The molecule has 0 aromatic carbocycles. The summed E-state index contributed by atoms with van der Waals surface area (Å²) in [6.45, 7) is 3.89. The fourth-order valence-corrected chi connectivity index (χ4v) is 3.85. The third kappa shape index (κ3) is 1.87. The Morgan fingerprint density at radius 3 is 2.00 bits per heavy atom. The molecule has 0 radical (unpaired) electrons. The lowest BCUT2D eigenvalue weighted by atomic mass is 9.61. The molecular weight excluding hydrogens is 184 g/mol. The average Bonchev–Trinajstić information content (AvgIpc) is 2.69. The predicted molar refractivity (Wildman–Crippen MR) is 63.7 cm³/mol. The lowest BCUT2D eigenvalue weighted by Crippen LogP contribution is -2.47. The van der Waals surface area contributed by atoms with E-state index < -0.39 is 0 Å². The maximum atomic E-state index is 10.8. The van der Waals surface area contributed by atoms with Crippen LogP contribution in [-0.2, 0) is 0 Å². The van der Waals surface area contributed by atoms with Crippen LogP contribution in [0.3, 0.4) is 0 Å². The molecule has 0 amide bonds. The van der Waals surface area contributed by atoms with Gasteiger partial charge < -0.3 is 5.11 Å². The molecule has 0 aromatic rings. The zero-order chi connectivity index (χ0) is 10.8. The van der Waals surface area contributed by atoms with Gasteiger partial charge in [0.2, 0.25) is 0 Å². The molecule has 1 heteroatoms. The van der Waals surface area contributed by atoms with Gasteiger partial charge >= 0.3 is 0 Å². The van der Waals surface area contributed by atoms with Gasteiger partial charge in [-0.15, -0.1) is 6.58 Å². The lowest BCUT2D eigenvalue weighted by Gasteiger charge is -2.48. The van der Waals surface area contributed by atoms with Crippen molar-refractivity contribution in [2.75, 3.05) is 0 Å². The first-order valence-corrected chi connectivity index (χ1v) is 6.56. The maximum absolute atomic E-state index is 10.8. The molecule has 2 fully saturated rings. The highest BCUT2D eigenvalue weighted by Gasteiger charge is 2.50.